The maximum absolute atomic E-state index is 2.33. The minimum absolute atomic E-state index is 1.24. The Morgan fingerprint density at radius 2 is 0.229 bits per heavy atom. The molecule has 0 aliphatic carbocycles. The molecule has 672 valence electrons. The van der Waals surface area contributed by atoms with Gasteiger partial charge in [-0.25, -0.2) is 0 Å². The van der Waals surface area contributed by atoms with Gasteiger partial charge >= 0.3 is 0 Å². The maximum Gasteiger partial charge on any atom is -0.00201 e. The van der Waals surface area contributed by atoms with Gasteiger partial charge in [0.1, 0.15) is 0 Å². The Morgan fingerprint density at radius 3 is 0.500 bits per heavy atom. The minimum atomic E-state index is 1.24. The molecule has 0 aliphatic heterocycles. The van der Waals surface area contributed by atoms with E-state index in [0.29, 0.717) is 0 Å². The Bertz CT molecular complexity index is 9460. The van der Waals surface area contributed by atoms with E-state index >= 15 is 0 Å². The average Bonchev–Trinajstić information content (AvgIpc) is 0.735. The number of rotatable bonds is 12. The van der Waals surface area contributed by atoms with E-state index in [4.69, 9.17) is 0 Å². The number of hydrogen-bond acceptors (Lipinski definition) is 0. The summed E-state index contributed by atoms with van der Waals surface area (Å²) < 4.78 is 0. The molecule has 0 spiro atoms. The topological polar surface area (TPSA) is 0 Å². The van der Waals surface area contributed by atoms with Gasteiger partial charge in [0, 0.05) is 0 Å². The van der Waals surface area contributed by atoms with Crippen molar-refractivity contribution >= 4 is 129 Å². The molecule has 0 radical (unpaired) electrons. The number of hydrogen-bond donors (Lipinski definition) is 0. The smallest absolute Gasteiger partial charge is 0.00201 e. The molecule has 0 heterocycles. The van der Waals surface area contributed by atoms with E-state index in [0.717, 1.165) is 0 Å². The first-order valence-electron chi connectivity index (χ1n) is 49.8. The standard InChI is InChI=1S/4C36H24/c1-2-12-25(13-3-1)27-16-10-17-28(24-27)35-31-19-6-8-21-33(31)36(34-22-9-7-20-32(34)35)30-23-11-15-26-14-4-5-18-29(26)30;1-2-11-25(12-3-1)26-21-23-28(24-22-26)35-31-16-6-8-18-33(31)36(34-19-9-7-17-32(34)35)30-20-10-14-27-13-4-5-15-29(27)30;1-2-11-25(12-3-1)28-15-10-16-29(23-28)35-31-17-6-8-19-33(31)36(34-20-9-7-18-32(34)35)30-22-21-26-13-4-5-14-27(26)24-30;1-2-10-25(11-3-1)27-18-21-28(22-19-27)35-31-14-6-8-16-33(31)36(34-17-9-7-15-32(34)35)30-23-20-26-12-4-5-13-29(26)24-30/h4*1-24H. The van der Waals surface area contributed by atoms with Crippen LogP contribution in [0, 0.1) is 0 Å². The summed E-state index contributed by atoms with van der Waals surface area (Å²) in [5.74, 6) is 0. The highest BCUT2D eigenvalue weighted by Crippen LogP contribution is 2.52. The lowest BCUT2D eigenvalue weighted by Crippen LogP contribution is -1.91. The van der Waals surface area contributed by atoms with Crippen molar-refractivity contribution in [3.05, 3.63) is 582 Å². The lowest BCUT2D eigenvalue weighted by molar-refractivity contribution is 1.61. The molecule has 0 atom stereocenters. The van der Waals surface area contributed by atoms with Crippen molar-refractivity contribution in [2.75, 3.05) is 0 Å². The summed E-state index contributed by atoms with van der Waals surface area (Å²) in [6.45, 7) is 0. The monoisotopic (exact) mass is 1820 g/mol. The molecule has 0 N–H and O–H groups in total. The third kappa shape index (κ3) is 16.4. The van der Waals surface area contributed by atoms with Crippen LogP contribution < -0.4 is 0 Å². The van der Waals surface area contributed by atoms with Gasteiger partial charge in [0.15, 0.2) is 0 Å². The first-order valence-corrected chi connectivity index (χ1v) is 49.8. The Kier molecular flexibility index (Phi) is 23.3. The summed E-state index contributed by atoms with van der Waals surface area (Å²) in [6, 6.07) is 211. The molecule has 0 fully saturated rings. The SMILES string of the molecule is c1ccc(-c2ccc(-c3c4ccccc4c(-c4ccc5ccccc5c4)c4ccccc34)cc2)cc1.c1ccc(-c2ccc(-c3c4ccccc4c(-c4cccc5ccccc45)c4ccccc34)cc2)cc1.c1ccc(-c2cccc(-c3c4ccccc4c(-c4ccc5ccccc5c4)c4ccccc34)c2)cc1.c1ccc(-c2cccc(-c3c4ccccc4c(-c4cccc5ccccc45)c4ccccc34)c2)cc1. The van der Waals surface area contributed by atoms with Crippen LogP contribution in [0.4, 0.5) is 0 Å². The summed E-state index contributed by atoms with van der Waals surface area (Å²) in [7, 11) is 0. The second-order valence-corrected chi connectivity index (χ2v) is 37.3. The average molecular weight is 1830 g/mol. The third-order valence-electron chi connectivity index (χ3n) is 29.0. The van der Waals surface area contributed by atoms with Gasteiger partial charge in [-0.15, -0.1) is 0 Å². The van der Waals surface area contributed by atoms with Crippen molar-refractivity contribution in [1.82, 2.24) is 0 Å². The maximum atomic E-state index is 2.33. The Balaban J connectivity index is 0.000000101. The fraction of sp³-hybridized carbons (Fsp3) is 0. The number of benzene rings is 28. The molecule has 0 bridgehead atoms. The van der Waals surface area contributed by atoms with Crippen LogP contribution in [0.3, 0.4) is 0 Å². The van der Waals surface area contributed by atoms with Gasteiger partial charge < -0.3 is 0 Å². The lowest BCUT2D eigenvalue weighted by Gasteiger charge is -2.19. The summed E-state index contributed by atoms with van der Waals surface area (Å²) in [6.07, 6.45) is 0. The van der Waals surface area contributed by atoms with Crippen molar-refractivity contribution in [3.8, 4) is 134 Å². The van der Waals surface area contributed by atoms with Crippen molar-refractivity contribution < 1.29 is 0 Å². The van der Waals surface area contributed by atoms with Crippen LogP contribution in [0.2, 0.25) is 0 Å². The highest BCUT2D eigenvalue weighted by atomic mass is 14.3. The zero-order valence-electron chi connectivity index (χ0n) is 79.4. The molecule has 28 aromatic carbocycles. The van der Waals surface area contributed by atoms with E-state index in [1.54, 1.807) is 0 Å². The van der Waals surface area contributed by atoms with E-state index in [2.05, 4.69) is 582 Å². The van der Waals surface area contributed by atoms with Gasteiger partial charge in [0.05, 0.1) is 0 Å². The molecule has 0 saturated heterocycles. The molecule has 144 heavy (non-hydrogen) atoms. The van der Waals surface area contributed by atoms with Gasteiger partial charge in [0.25, 0.3) is 0 Å². The van der Waals surface area contributed by atoms with Crippen molar-refractivity contribution in [3.63, 3.8) is 0 Å². The van der Waals surface area contributed by atoms with Crippen LogP contribution in [0.15, 0.2) is 582 Å². The molecule has 0 amide bonds. The largest absolute Gasteiger partial charge is 0.0622 e. The van der Waals surface area contributed by atoms with E-state index < -0.39 is 0 Å². The quantitative estimate of drug-likeness (QED) is 0.107. The highest BCUT2D eigenvalue weighted by Gasteiger charge is 2.25. The van der Waals surface area contributed by atoms with Gasteiger partial charge in [-0.05, 0) is 287 Å². The van der Waals surface area contributed by atoms with Crippen LogP contribution in [0.1, 0.15) is 0 Å². The van der Waals surface area contributed by atoms with Crippen LogP contribution in [-0.2, 0) is 0 Å². The minimum Gasteiger partial charge on any atom is -0.0622 e. The highest BCUT2D eigenvalue weighted by molar-refractivity contribution is 6.28. The Labute approximate surface area is 838 Å². The summed E-state index contributed by atoms with van der Waals surface area (Å²) in [5, 5.41) is 30.7. The van der Waals surface area contributed by atoms with Crippen LogP contribution in [0.5, 0.6) is 0 Å². The van der Waals surface area contributed by atoms with Crippen molar-refractivity contribution in [2.24, 2.45) is 0 Å². The molecule has 0 nitrogen and oxygen atoms in total. The zero-order chi connectivity index (χ0) is 95.6. The zero-order valence-corrected chi connectivity index (χ0v) is 79.4. The Morgan fingerprint density at radius 1 is 0.0694 bits per heavy atom. The van der Waals surface area contributed by atoms with Crippen molar-refractivity contribution in [2.45, 2.75) is 0 Å². The van der Waals surface area contributed by atoms with E-state index in [1.807, 2.05) is 0 Å². The lowest BCUT2D eigenvalue weighted by atomic mass is 9.84. The molecule has 28 rings (SSSR count). The molecular formula is C144H96. The second kappa shape index (κ2) is 38.6. The second-order valence-electron chi connectivity index (χ2n) is 37.3. The van der Waals surface area contributed by atoms with Gasteiger partial charge in [0.2, 0.25) is 0 Å². The van der Waals surface area contributed by atoms with Gasteiger partial charge in [-0.3, -0.25) is 0 Å². The first kappa shape index (κ1) is 86.8. The molecule has 0 unspecified atom stereocenters. The molecule has 0 aliphatic rings. The molecule has 0 aromatic heterocycles. The molecule has 0 saturated carbocycles. The molecule has 28 aromatic rings. The van der Waals surface area contributed by atoms with Gasteiger partial charge in [-0.2, -0.15) is 0 Å². The fourth-order valence-corrected chi connectivity index (χ4v) is 22.4. The van der Waals surface area contributed by atoms with E-state index in [-0.39, 0.29) is 0 Å². The predicted molar refractivity (Wildman–Crippen MR) is 621 cm³/mol. The van der Waals surface area contributed by atoms with Crippen molar-refractivity contribution in [1.29, 1.82) is 0 Å². The third-order valence-corrected chi connectivity index (χ3v) is 29.0. The molecular weight excluding hydrogens is 1730 g/mol. The summed E-state index contributed by atoms with van der Waals surface area (Å²) >= 11 is 0. The van der Waals surface area contributed by atoms with Gasteiger partial charge in [-0.1, -0.05) is 558 Å². The van der Waals surface area contributed by atoms with Crippen LogP contribution >= 0.6 is 0 Å². The Hall–Kier alpha value is -18.7. The summed E-state index contributed by atoms with van der Waals surface area (Å²) in [5.41, 5.74) is 30.4. The number of fused-ring (bicyclic) bond motifs is 12. The molecule has 0 heteroatoms. The summed E-state index contributed by atoms with van der Waals surface area (Å²) in [4.78, 5) is 0. The van der Waals surface area contributed by atoms with E-state index in [9.17, 15) is 0 Å². The van der Waals surface area contributed by atoms with Crippen LogP contribution in [0.25, 0.3) is 263 Å². The first-order chi connectivity index (χ1) is 71.5. The van der Waals surface area contributed by atoms with Crippen LogP contribution in [-0.4, -0.2) is 0 Å². The predicted octanol–water partition coefficient (Wildman–Crippen LogP) is 40.6. The van der Waals surface area contributed by atoms with E-state index in [1.165, 1.54) is 263 Å². The normalized spacial score (nSPS) is 11.3. The fourth-order valence-electron chi connectivity index (χ4n) is 22.4.